The van der Waals surface area contributed by atoms with Gasteiger partial charge in [-0.25, -0.2) is 4.79 Å². The highest BCUT2D eigenvalue weighted by molar-refractivity contribution is 6.30. The number of halogens is 1. The molecule has 3 rings (SSSR count). The number of aromatic nitrogens is 2. The molecule has 1 aromatic carbocycles. The minimum Gasteiger partial charge on any atom is -0.480 e. The minimum atomic E-state index is -0.985. The predicted molar refractivity (Wildman–Crippen MR) is 97.2 cm³/mol. The lowest BCUT2D eigenvalue weighted by atomic mass is 10.2. The molecule has 8 heteroatoms. The standard InChI is InChI=1S/C18H21ClN4O3/c1-13(18(25)26)23-6-5-16(20-23)17(24)22-9-7-21(8-10-22)12-14-3-2-4-15(19)11-14/h2-6,11,13H,7-10,12H2,1H3,(H,25,26). The van der Waals surface area contributed by atoms with Crippen molar-refractivity contribution in [1.29, 1.82) is 0 Å². The van der Waals surface area contributed by atoms with Gasteiger partial charge in [0.25, 0.3) is 5.91 Å². The summed E-state index contributed by atoms with van der Waals surface area (Å²) in [5, 5.41) is 13.9. The summed E-state index contributed by atoms with van der Waals surface area (Å²) < 4.78 is 1.30. The lowest BCUT2D eigenvalue weighted by molar-refractivity contribution is -0.140. The molecule has 1 aromatic heterocycles. The van der Waals surface area contributed by atoms with E-state index in [-0.39, 0.29) is 11.6 Å². The van der Waals surface area contributed by atoms with Gasteiger partial charge >= 0.3 is 5.97 Å². The molecule has 0 radical (unpaired) electrons. The molecule has 0 aliphatic carbocycles. The molecule has 1 fully saturated rings. The van der Waals surface area contributed by atoms with Crippen LogP contribution in [-0.4, -0.2) is 62.7 Å². The van der Waals surface area contributed by atoms with Gasteiger partial charge in [-0.15, -0.1) is 0 Å². The first-order chi connectivity index (χ1) is 12.4. The second kappa shape index (κ2) is 7.88. The van der Waals surface area contributed by atoms with Crippen LogP contribution in [-0.2, 0) is 11.3 Å². The molecule has 1 aliphatic rings. The molecule has 0 saturated carbocycles. The van der Waals surface area contributed by atoms with Gasteiger partial charge in [-0.3, -0.25) is 14.4 Å². The van der Waals surface area contributed by atoms with Crippen molar-refractivity contribution in [3.63, 3.8) is 0 Å². The average Bonchev–Trinajstić information content (AvgIpc) is 3.11. The Kier molecular flexibility index (Phi) is 5.58. The predicted octanol–water partition coefficient (Wildman–Crippen LogP) is 2.14. The summed E-state index contributed by atoms with van der Waals surface area (Å²) in [7, 11) is 0. The first-order valence-electron chi connectivity index (χ1n) is 8.48. The first-order valence-corrected chi connectivity index (χ1v) is 8.86. The van der Waals surface area contributed by atoms with E-state index in [4.69, 9.17) is 16.7 Å². The van der Waals surface area contributed by atoms with Crippen molar-refractivity contribution in [2.24, 2.45) is 0 Å². The topological polar surface area (TPSA) is 78.7 Å². The van der Waals surface area contributed by atoms with E-state index in [1.165, 1.54) is 17.8 Å². The zero-order valence-corrected chi connectivity index (χ0v) is 15.3. The van der Waals surface area contributed by atoms with Crippen LogP contribution in [0.2, 0.25) is 5.02 Å². The molecule has 7 nitrogen and oxygen atoms in total. The van der Waals surface area contributed by atoms with E-state index in [1.54, 1.807) is 11.0 Å². The number of piperazine rings is 1. The van der Waals surface area contributed by atoms with E-state index in [0.29, 0.717) is 13.1 Å². The number of hydrogen-bond donors (Lipinski definition) is 1. The minimum absolute atomic E-state index is 0.163. The van der Waals surface area contributed by atoms with E-state index >= 15 is 0 Å². The Bertz CT molecular complexity index is 799. The van der Waals surface area contributed by atoms with Gasteiger partial charge in [0, 0.05) is 43.9 Å². The summed E-state index contributed by atoms with van der Waals surface area (Å²) in [6.07, 6.45) is 1.53. The molecule has 1 aliphatic heterocycles. The molecule has 1 saturated heterocycles. The van der Waals surface area contributed by atoms with Gasteiger partial charge in [0.05, 0.1) is 0 Å². The van der Waals surface area contributed by atoms with Crippen LogP contribution >= 0.6 is 11.6 Å². The second-order valence-electron chi connectivity index (χ2n) is 6.39. The zero-order chi connectivity index (χ0) is 18.7. The van der Waals surface area contributed by atoms with Crippen LogP contribution in [0, 0.1) is 0 Å². The molecule has 2 aromatic rings. The number of hydrogen-bond acceptors (Lipinski definition) is 4. The normalized spacial score (nSPS) is 16.5. The van der Waals surface area contributed by atoms with Gasteiger partial charge in [0.1, 0.15) is 11.7 Å². The maximum atomic E-state index is 12.6. The van der Waals surface area contributed by atoms with Gasteiger partial charge in [0.2, 0.25) is 0 Å². The van der Waals surface area contributed by atoms with Gasteiger partial charge < -0.3 is 10.0 Å². The number of nitrogens with zero attached hydrogens (tertiary/aromatic N) is 4. The number of carbonyl (C=O) groups excluding carboxylic acids is 1. The molecule has 1 atom stereocenters. The fourth-order valence-electron chi connectivity index (χ4n) is 2.95. The third kappa shape index (κ3) is 4.23. The van der Waals surface area contributed by atoms with E-state index in [0.717, 1.165) is 30.2 Å². The number of carboxylic acids is 1. The fourth-order valence-corrected chi connectivity index (χ4v) is 3.16. The number of aliphatic carboxylic acids is 1. The average molecular weight is 377 g/mol. The molecule has 2 heterocycles. The summed E-state index contributed by atoms with van der Waals surface area (Å²) in [5.41, 5.74) is 1.43. The summed E-state index contributed by atoms with van der Waals surface area (Å²) in [4.78, 5) is 27.6. The molecule has 1 unspecified atom stereocenters. The summed E-state index contributed by atoms with van der Waals surface area (Å²) in [6.45, 7) is 5.09. The van der Waals surface area contributed by atoms with E-state index < -0.39 is 12.0 Å². The number of rotatable bonds is 5. The number of benzene rings is 1. The monoisotopic (exact) mass is 376 g/mol. The third-order valence-electron chi connectivity index (χ3n) is 4.54. The highest BCUT2D eigenvalue weighted by Gasteiger charge is 2.24. The van der Waals surface area contributed by atoms with Crippen molar-refractivity contribution >= 4 is 23.5 Å². The third-order valence-corrected chi connectivity index (χ3v) is 4.77. The van der Waals surface area contributed by atoms with Crippen LogP contribution in [0.1, 0.15) is 29.0 Å². The Hall–Kier alpha value is -2.38. The summed E-state index contributed by atoms with van der Waals surface area (Å²) in [5.74, 6) is -1.15. The molecule has 138 valence electrons. The molecule has 1 amide bonds. The molecular formula is C18H21ClN4O3. The van der Waals surface area contributed by atoms with E-state index in [1.807, 2.05) is 24.3 Å². The summed E-state index contributed by atoms with van der Waals surface area (Å²) >= 11 is 6.02. The maximum absolute atomic E-state index is 12.6. The highest BCUT2D eigenvalue weighted by atomic mass is 35.5. The molecule has 26 heavy (non-hydrogen) atoms. The number of amides is 1. The van der Waals surface area contributed by atoms with Crippen LogP contribution in [0.4, 0.5) is 0 Å². The molecular weight excluding hydrogens is 356 g/mol. The van der Waals surface area contributed by atoms with Gasteiger partial charge in [-0.1, -0.05) is 23.7 Å². The fraction of sp³-hybridized carbons (Fsp3) is 0.389. The quantitative estimate of drug-likeness (QED) is 0.864. The Morgan fingerprint density at radius 2 is 1.96 bits per heavy atom. The lowest BCUT2D eigenvalue weighted by Crippen LogP contribution is -2.48. The number of carbonyl (C=O) groups is 2. The largest absolute Gasteiger partial charge is 0.480 e. The molecule has 1 N–H and O–H groups in total. The van der Waals surface area contributed by atoms with Crippen LogP contribution in [0.3, 0.4) is 0 Å². The number of carboxylic acid groups (broad SMARTS) is 1. The molecule has 0 spiro atoms. The second-order valence-corrected chi connectivity index (χ2v) is 6.83. The van der Waals surface area contributed by atoms with Crippen LogP contribution in [0.15, 0.2) is 36.5 Å². The summed E-state index contributed by atoms with van der Waals surface area (Å²) in [6, 6.07) is 8.55. The highest BCUT2D eigenvalue weighted by Crippen LogP contribution is 2.15. The van der Waals surface area contributed by atoms with Crippen molar-refractivity contribution in [3.05, 3.63) is 52.8 Å². The maximum Gasteiger partial charge on any atom is 0.328 e. The van der Waals surface area contributed by atoms with Gasteiger partial charge in [-0.2, -0.15) is 5.10 Å². The van der Waals surface area contributed by atoms with Crippen molar-refractivity contribution in [3.8, 4) is 0 Å². The van der Waals surface area contributed by atoms with E-state index in [2.05, 4.69) is 10.00 Å². The van der Waals surface area contributed by atoms with Crippen molar-refractivity contribution < 1.29 is 14.7 Å². The lowest BCUT2D eigenvalue weighted by Gasteiger charge is -2.34. The Balaban J connectivity index is 1.56. The Morgan fingerprint density at radius 3 is 2.62 bits per heavy atom. The Morgan fingerprint density at radius 1 is 1.23 bits per heavy atom. The smallest absolute Gasteiger partial charge is 0.328 e. The Labute approximate surface area is 156 Å². The van der Waals surface area contributed by atoms with Crippen LogP contribution in [0.5, 0.6) is 0 Å². The van der Waals surface area contributed by atoms with Crippen molar-refractivity contribution in [1.82, 2.24) is 19.6 Å². The van der Waals surface area contributed by atoms with Gasteiger partial charge in [0.15, 0.2) is 0 Å². The van der Waals surface area contributed by atoms with Crippen LogP contribution < -0.4 is 0 Å². The van der Waals surface area contributed by atoms with Crippen LogP contribution in [0.25, 0.3) is 0 Å². The first kappa shape index (κ1) is 18.4. The SMILES string of the molecule is CC(C(=O)O)n1ccc(C(=O)N2CCN(Cc3cccc(Cl)c3)CC2)n1. The van der Waals surface area contributed by atoms with E-state index in [9.17, 15) is 9.59 Å². The van der Waals surface area contributed by atoms with Crippen molar-refractivity contribution in [2.45, 2.75) is 19.5 Å². The molecule has 0 bridgehead atoms. The van der Waals surface area contributed by atoms with Gasteiger partial charge in [-0.05, 0) is 30.7 Å². The van der Waals surface area contributed by atoms with Crippen molar-refractivity contribution in [2.75, 3.05) is 26.2 Å². The zero-order valence-electron chi connectivity index (χ0n) is 14.5.